The molecule has 3 rings (SSSR count). The Labute approximate surface area is 194 Å². The highest BCUT2D eigenvalue weighted by molar-refractivity contribution is 7.92. The fourth-order valence-electron chi connectivity index (χ4n) is 3.27. The maximum Gasteiger partial charge on any atom is 0.245 e. The van der Waals surface area contributed by atoms with Crippen molar-refractivity contribution in [2.75, 3.05) is 55.3 Å². The van der Waals surface area contributed by atoms with Crippen LogP contribution in [-0.4, -0.2) is 72.8 Å². The lowest BCUT2D eigenvalue weighted by atomic mass is 10.3. The lowest BCUT2D eigenvalue weighted by Crippen LogP contribution is -2.40. The summed E-state index contributed by atoms with van der Waals surface area (Å²) in [4.78, 5) is 12.7. The summed E-state index contributed by atoms with van der Waals surface area (Å²) in [5, 5.41) is 2.61. The minimum atomic E-state index is -3.75. The van der Waals surface area contributed by atoms with Crippen molar-refractivity contribution in [3.8, 4) is 5.75 Å². The Balaban J connectivity index is 1.71. The van der Waals surface area contributed by atoms with Crippen LogP contribution in [0.1, 0.15) is 6.92 Å². The molecule has 12 heteroatoms. The molecular weight excluding hydrogens is 470 g/mol. The Morgan fingerprint density at radius 3 is 2.36 bits per heavy atom. The van der Waals surface area contributed by atoms with Gasteiger partial charge in [0.15, 0.2) is 0 Å². The van der Waals surface area contributed by atoms with Crippen molar-refractivity contribution >= 4 is 37.3 Å². The molecule has 1 aliphatic heterocycles. The van der Waals surface area contributed by atoms with E-state index in [9.17, 15) is 21.6 Å². The monoisotopic (exact) mass is 497 g/mol. The number of carbonyl (C=O) groups is 1. The molecule has 0 aromatic heterocycles. The number of hydrogen-bond acceptors (Lipinski definition) is 7. The first kappa shape index (κ1) is 25.0. The van der Waals surface area contributed by atoms with Gasteiger partial charge in [-0.15, -0.1) is 0 Å². The van der Waals surface area contributed by atoms with Crippen molar-refractivity contribution in [1.29, 1.82) is 0 Å². The van der Waals surface area contributed by atoms with Crippen molar-refractivity contribution in [2.45, 2.75) is 11.8 Å². The van der Waals surface area contributed by atoms with Gasteiger partial charge in [0.1, 0.15) is 12.3 Å². The van der Waals surface area contributed by atoms with Gasteiger partial charge in [0.2, 0.25) is 26.0 Å². The molecule has 1 saturated heterocycles. The molecule has 1 fully saturated rings. The minimum absolute atomic E-state index is 0.105. The van der Waals surface area contributed by atoms with Crippen LogP contribution in [-0.2, 0) is 29.6 Å². The first-order chi connectivity index (χ1) is 15.6. The van der Waals surface area contributed by atoms with Crippen LogP contribution in [0, 0.1) is 0 Å². The molecule has 180 valence electrons. The smallest absolute Gasteiger partial charge is 0.245 e. The zero-order chi connectivity index (χ0) is 24.1. The third-order valence-electron chi connectivity index (χ3n) is 4.85. The van der Waals surface area contributed by atoms with Crippen molar-refractivity contribution < 1.29 is 31.1 Å². The highest BCUT2D eigenvalue weighted by atomic mass is 32.2. The van der Waals surface area contributed by atoms with Gasteiger partial charge in [0.25, 0.3) is 0 Å². The molecule has 1 aliphatic rings. The Hall–Kier alpha value is -2.67. The second-order valence-corrected chi connectivity index (χ2v) is 11.1. The van der Waals surface area contributed by atoms with E-state index in [-0.39, 0.29) is 18.0 Å². The van der Waals surface area contributed by atoms with E-state index in [2.05, 4.69) is 5.32 Å². The predicted molar refractivity (Wildman–Crippen MR) is 124 cm³/mol. The number of morpholine rings is 1. The van der Waals surface area contributed by atoms with E-state index in [1.807, 2.05) is 6.92 Å². The first-order valence-electron chi connectivity index (χ1n) is 10.3. The average molecular weight is 498 g/mol. The number of benzene rings is 2. The van der Waals surface area contributed by atoms with E-state index < -0.39 is 32.5 Å². The fourth-order valence-corrected chi connectivity index (χ4v) is 5.53. The number of sulfonamides is 2. The SMILES string of the molecule is CCOc1cccc(N(CC(=O)Nc2ccc(S(=O)(=O)N3CCOCC3)cc2)S(C)(=O)=O)c1. The maximum absolute atomic E-state index is 12.7. The highest BCUT2D eigenvalue weighted by Crippen LogP contribution is 2.24. The molecule has 0 unspecified atom stereocenters. The standard InChI is InChI=1S/C21H27N3O7S2/c1-3-31-19-6-4-5-18(15-19)24(32(2,26)27)16-21(25)22-17-7-9-20(10-8-17)33(28,29)23-11-13-30-14-12-23/h4-10,15H,3,11-14,16H2,1-2H3,(H,22,25). The number of amides is 1. The first-order valence-corrected chi connectivity index (χ1v) is 13.6. The molecule has 1 amide bonds. The third kappa shape index (κ3) is 6.44. The molecule has 0 radical (unpaired) electrons. The molecule has 0 saturated carbocycles. The summed E-state index contributed by atoms with van der Waals surface area (Å²) < 4.78 is 63.0. The lowest BCUT2D eigenvalue weighted by Gasteiger charge is -2.26. The molecule has 0 aliphatic carbocycles. The van der Waals surface area contributed by atoms with E-state index in [4.69, 9.17) is 9.47 Å². The quantitative estimate of drug-likeness (QED) is 0.557. The molecule has 2 aromatic carbocycles. The van der Waals surface area contributed by atoms with Gasteiger partial charge >= 0.3 is 0 Å². The van der Waals surface area contributed by atoms with Crippen molar-refractivity contribution in [3.05, 3.63) is 48.5 Å². The van der Waals surface area contributed by atoms with Crippen LogP contribution in [0.25, 0.3) is 0 Å². The zero-order valence-electron chi connectivity index (χ0n) is 18.4. The van der Waals surface area contributed by atoms with Gasteiger partial charge in [-0.1, -0.05) is 6.07 Å². The van der Waals surface area contributed by atoms with E-state index in [0.29, 0.717) is 36.9 Å². The molecule has 0 bridgehead atoms. The Morgan fingerprint density at radius 1 is 1.09 bits per heavy atom. The second kappa shape index (κ2) is 10.5. The van der Waals surface area contributed by atoms with Crippen LogP contribution in [0.5, 0.6) is 5.75 Å². The van der Waals surface area contributed by atoms with Crippen molar-refractivity contribution in [2.24, 2.45) is 0 Å². The summed E-state index contributed by atoms with van der Waals surface area (Å²) in [6.45, 7) is 3.03. The summed E-state index contributed by atoms with van der Waals surface area (Å²) in [5.74, 6) is -0.0906. The number of rotatable bonds is 9. The normalized spacial score (nSPS) is 15.1. The number of nitrogens with zero attached hydrogens (tertiary/aromatic N) is 2. The topological polar surface area (TPSA) is 122 Å². The summed E-state index contributed by atoms with van der Waals surface area (Å²) in [5.41, 5.74) is 0.642. The van der Waals surface area contributed by atoms with Crippen molar-refractivity contribution in [3.63, 3.8) is 0 Å². The number of carbonyl (C=O) groups excluding carboxylic acids is 1. The molecule has 1 N–H and O–H groups in total. The van der Waals surface area contributed by atoms with E-state index >= 15 is 0 Å². The van der Waals surface area contributed by atoms with Crippen LogP contribution in [0.15, 0.2) is 53.4 Å². The highest BCUT2D eigenvalue weighted by Gasteiger charge is 2.26. The Kier molecular flexibility index (Phi) is 7.95. The number of hydrogen-bond donors (Lipinski definition) is 1. The Bertz CT molecular complexity index is 1180. The number of ether oxygens (including phenoxy) is 2. The second-order valence-electron chi connectivity index (χ2n) is 7.29. The van der Waals surface area contributed by atoms with Crippen LogP contribution >= 0.6 is 0 Å². The van der Waals surface area contributed by atoms with Gasteiger partial charge in [-0.3, -0.25) is 9.10 Å². The zero-order valence-corrected chi connectivity index (χ0v) is 20.1. The van der Waals surface area contributed by atoms with Gasteiger partial charge in [-0.05, 0) is 43.3 Å². The third-order valence-corrected chi connectivity index (χ3v) is 7.90. The van der Waals surface area contributed by atoms with Gasteiger partial charge in [0.05, 0.1) is 36.7 Å². The molecular formula is C21H27N3O7S2. The molecule has 33 heavy (non-hydrogen) atoms. The maximum atomic E-state index is 12.7. The van der Waals surface area contributed by atoms with E-state index in [0.717, 1.165) is 10.6 Å². The number of anilines is 2. The average Bonchev–Trinajstić information content (AvgIpc) is 2.78. The summed E-state index contributed by atoms with van der Waals surface area (Å²) in [7, 11) is -7.40. The molecule has 0 atom stereocenters. The van der Waals surface area contributed by atoms with Gasteiger partial charge in [-0.2, -0.15) is 4.31 Å². The van der Waals surface area contributed by atoms with Crippen LogP contribution in [0.2, 0.25) is 0 Å². The summed E-state index contributed by atoms with van der Waals surface area (Å²) in [6, 6.07) is 12.2. The van der Waals surface area contributed by atoms with Crippen LogP contribution in [0.4, 0.5) is 11.4 Å². The van der Waals surface area contributed by atoms with Crippen LogP contribution in [0.3, 0.4) is 0 Å². The minimum Gasteiger partial charge on any atom is -0.494 e. The molecule has 10 nitrogen and oxygen atoms in total. The molecule has 2 aromatic rings. The van der Waals surface area contributed by atoms with Gasteiger partial charge in [0, 0.05) is 24.8 Å². The largest absolute Gasteiger partial charge is 0.494 e. The van der Waals surface area contributed by atoms with Crippen LogP contribution < -0.4 is 14.4 Å². The van der Waals surface area contributed by atoms with Gasteiger partial charge in [-0.25, -0.2) is 16.8 Å². The fraction of sp³-hybridized carbons (Fsp3) is 0.381. The lowest BCUT2D eigenvalue weighted by molar-refractivity contribution is -0.114. The summed E-state index contributed by atoms with van der Waals surface area (Å²) >= 11 is 0. The molecule has 0 spiro atoms. The number of nitrogens with one attached hydrogen (secondary N) is 1. The van der Waals surface area contributed by atoms with E-state index in [1.165, 1.54) is 28.6 Å². The van der Waals surface area contributed by atoms with Crippen molar-refractivity contribution in [1.82, 2.24) is 4.31 Å². The van der Waals surface area contributed by atoms with E-state index in [1.54, 1.807) is 24.3 Å². The Morgan fingerprint density at radius 2 is 1.76 bits per heavy atom. The summed E-state index contributed by atoms with van der Waals surface area (Å²) in [6.07, 6.45) is 1.01. The predicted octanol–water partition coefficient (Wildman–Crippen LogP) is 1.51. The van der Waals surface area contributed by atoms with Gasteiger partial charge < -0.3 is 14.8 Å². The molecule has 1 heterocycles.